The van der Waals surface area contributed by atoms with Crippen LogP contribution in [0.15, 0.2) is 0 Å². The van der Waals surface area contributed by atoms with Crippen molar-refractivity contribution in [2.45, 2.75) is 51.2 Å². The van der Waals surface area contributed by atoms with E-state index < -0.39 is 0 Å². The van der Waals surface area contributed by atoms with Crippen LogP contribution in [0.25, 0.3) is 0 Å². The standard InChI is InChI=1S/C12H19N3OS/c1-2-11-14-12(17-15-11)13-9-4-3-5-10-8(9)6-7-16-10/h8-10H,2-7H2,1H3,(H,13,14,15)/t8-,9+,10-/m0/s1. The van der Waals surface area contributed by atoms with Gasteiger partial charge in [-0.1, -0.05) is 6.92 Å². The summed E-state index contributed by atoms with van der Waals surface area (Å²) in [6, 6.07) is 0.536. The predicted octanol–water partition coefficient (Wildman–Crippen LogP) is 2.47. The minimum absolute atomic E-state index is 0.486. The average Bonchev–Trinajstić information content (AvgIpc) is 2.97. The summed E-state index contributed by atoms with van der Waals surface area (Å²) in [5, 5.41) is 4.56. The van der Waals surface area contributed by atoms with Gasteiger partial charge in [0.2, 0.25) is 5.13 Å². The van der Waals surface area contributed by atoms with Crippen molar-refractivity contribution in [3.05, 3.63) is 5.82 Å². The first-order valence-corrected chi connectivity index (χ1v) is 7.35. The molecule has 1 N–H and O–H groups in total. The number of hydrogen-bond acceptors (Lipinski definition) is 5. The predicted molar refractivity (Wildman–Crippen MR) is 68.4 cm³/mol. The molecule has 0 unspecified atom stereocenters. The second-order valence-electron chi connectivity index (χ2n) is 4.91. The third kappa shape index (κ3) is 2.31. The lowest BCUT2D eigenvalue weighted by Crippen LogP contribution is -2.38. The van der Waals surface area contributed by atoms with Crippen molar-refractivity contribution in [2.24, 2.45) is 5.92 Å². The summed E-state index contributed by atoms with van der Waals surface area (Å²) < 4.78 is 10.1. The number of aryl methyl sites for hydroxylation is 1. The number of nitrogens with one attached hydrogen (secondary N) is 1. The van der Waals surface area contributed by atoms with Crippen molar-refractivity contribution in [1.29, 1.82) is 0 Å². The Morgan fingerprint density at radius 1 is 1.41 bits per heavy atom. The molecule has 3 rings (SSSR count). The van der Waals surface area contributed by atoms with Crippen molar-refractivity contribution in [3.8, 4) is 0 Å². The molecule has 5 heteroatoms. The van der Waals surface area contributed by atoms with E-state index >= 15 is 0 Å². The van der Waals surface area contributed by atoms with E-state index in [0.717, 1.165) is 24.0 Å². The Hall–Kier alpha value is -0.680. The third-order valence-electron chi connectivity index (χ3n) is 3.87. The molecule has 3 atom stereocenters. The van der Waals surface area contributed by atoms with Crippen LogP contribution in [0.1, 0.15) is 38.4 Å². The van der Waals surface area contributed by atoms with E-state index in [2.05, 4.69) is 21.6 Å². The van der Waals surface area contributed by atoms with Crippen molar-refractivity contribution in [1.82, 2.24) is 9.36 Å². The van der Waals surface area contributed by atoms with Gasteiger partial charge in [0.05, 0.1) is 6.10 Å². The Morgan fingerprint density at radius 3 is 3.18 bits per heavy atom. The van der Waals surface area contributed by atoms with Gasteiger partial charge >= 0.3 is 0 Å². The Kier molecular flexibility index (Phi) is 3.29. The SMILES string of the molecule is CCc1nsc(N[C@@H]2CCC[C@@H]3OCC[C@H]32)n1. The van der Waals surface area contributed by atoms with Crippen LogP contribution in [-0.4, -0.2) is 28.1 Å². The Balaban J connectivity index is 1.67. The van der Waals surface area contributed by atoms with Crippen LogP contribution in [0, 0.1) is 5.92 Å². The van der Waals surface area contributed by atoms with E-state index in [9.17, 15) is 0 Å². The average molecular weight is 253 g/mol. The molecule has 1 aliphatic heterocycles. The molecule has 0 aromatic carbocycles. The zero-order valence-electron chi connectivity index (χ0n) is 10.2. The molecule has 0 amide bonds. The van der Waals surface area contributed by atoms with Gasteiger partial charge in [0.1, 0.15) is 5.82 Å². The largest absolute Gasteiger partial charge is 0.378 e. The van der Waals surface area contributed by atoms with E-state index in [0.29, 0.717) is 18.1 Å². The smallest absolute Gasteiger partial charge is 0.202 e. The molecule has 2 fully saturated rings. The monoisotopic (exact) mass is 253 g/mol. The van der Waals surface area contributed by atoms with E-state index in [1.165, 1.54) is 37.2 Å². The highest BCUT2D eigenvalue weighted by molar-refractivity contribution is 7.09. The fourth-order valence-corrected chi connectivity index (χ4v) is 3.68. The molecule has 2 aliphatic rings. The van der Waals surface area contributed by atoms with Gasteiger partial charge in [0.25, 0.3) is 0 Å². The molecule has 1 saturated heterocycles. The first-order chi connectivity index (χ1) is 8.36. The summed E-state index contributed by atoms with van der Waals surface area (Å²) in [4.78, 5) is 4.49. The Bertz CT molecular complexity index is 382. The lowest BCUT2D eigenvalue weighted by molar-refractivity contribution is 0.0620. The quantitative estimate of drug-likeness (QED) is 0.899. The zero-order chi connectivity index (χ0) is 11.7. The van der Waals surface area contributed by atoms with Crippen molar-refractivity contribution in [2.75, 3.05) is 11.9 Å². The number of nitrogens with zero attached hydrogens (tertiary/aromatic N) is 2. The zero-order valence-corrected chi connectivity index (χ0v) is 11.0. The van der Waals surface area contributed by atoms with Crippen molar-refractivity contribution >= 4 is 16.7 Å². The minimum Gasteiger partial charge on any atom is -0.378 e. The van der Waals surface area contributed by atoms with Crippen LogP contribution in [0.4, 0.5) is 5.13 Å². The fraction of sp³-hybridized carbons (Fsp3) is 0.833. The molecule has 94 valence electrons. The number of anilines is 1. The minimum atomic E-state index is 0.486. The van der Waals surface area contributed by atoms with Crippen LogP contribution in [0.5, 0.6) is 0 Å². The lowest BCUT2D eigenvalue weighted by Gasteiger charge is -2.32. The highest BCUT2D eigenvalue weighted by atomic mass is 32.1. The van der Waals surface area contributed by atoms with Gasteiger partial charge in [-0.15, -0.1) is 0 Å². The summed E-state index contributed by atoms with van der Waals surface area (Å²) in [7, 11) is 0. The van der Waals surface area contributed by atoms with E-state index in [1.54, 1.807) is 0 Å². The fourth-order valence-electron chi connectivity index (χ4n) is 2.97. The second-order valence-corrected chi connectivity index (χ2v) is 5.66. The van der Waals surface area contributed by atoms with Gasteiger partial charge in [-0.3, -0.25) is 0 Å². The summed E-state index contributed by atoms with van der Waals surface area (Å²) in [6.07, 6.45) is 6.34. The van der Waals surface area contributed by atoms with Crippen LogP contribution in [0.3, 0.4) is 0 Å². The molecule has 1 aromatic heterocycles. The summed E-state index contributed by atoms with van der Waals surface area (Å²) >= 11 is 1.49. The van der Waals surface area contributed by atoms with Crippen LogP contribution in [0.2, 0.25) is 0 Å². The molecule has 1 saturated carbocycles. The Morgan fingerprint density at radius 2 is 2.35 bits per heavy atom. The van der Waals surface area contributed by atoms with Gasteiger partial charge < -0.3 is 10.1 Å². The first-order valence-electron chi connectivity index (χ1n) is 6.57. The number of ether oxygens (including phenoxy) is 1. The van der Waals surface area contributed by atoms with Gasteiger partial charge in [0.15, 0.2) is 0 Å². The van der Waals surface area contributed by atoms with Gasteiger partial charge in [-0.2, -0.15) is 4.37 Å². The number of rotatable bonds is 3. The highest BCUT2D eigenvalue weighted by Gasteiger charge is 2.37. The molecule has 1 aliphatic carbocycles. The summed E-state index contributed by atoms with van der Waals surface area (Å²) in [5.74, 6) is 1.63. The molecule has 0 radical (unpaired) electrons. The van der Waals surface area contributed by atoms with Gasteiger partial charge in [0, 0.05) is 36.5 Å². The van der Waals surface area contributed by atoms with Crippen LogP contribution in [-0.2, 0) is 11.2 Å². The molecule has 0 bridgehead atoms. The molecular formula is C12H19N3OS. The molecule has 0 spiro atoms. The van der Waals surface area contributed by atoms with Gasteiger partial charge in [-0.05, 0) is 25.7 Å². The second kappa shape index (κ2) is 4.90. The van der Waals surface area contributed by atoms with E-state index in [4.69, 9.17) is 4.74 Å². The maximum absolute atomic E-state index is 5.78. The number of aromatic nitrogens is 2. The van der Waals surface area contributed by atoms with E-state index in [-0.39, 0.29) is 0 Å². The molecule has 4 nitrogen and oxygen atoms in total. The van der Waals surface area contributed by atoms with Crippen LogP contribution < -0.4 is 5.32 Å². The number of hydrogen-bond donors (Lipinski definition) is 1. The third-order valence-corrected chi connectivity index (χ3v) is 4.56. The maximum Gasteiger partial charge on any atom is 0.202 e. The van der Waals surface area contributed by atoms with Crippen molar-refractivity contribution < 1.29 is 4.74 Å². The summed E-state index contributed by atoms with van der Waals surface area (Å²) in [5.41, 5.74) is 0. The Labute approximate surface area is 106 Å². The summed E-state index contributed by atoms with van der Waals surface area (Å²) in [6.45, 7) is 3.02. The van der Waals surface area contributed by atoms with E-state index in [1.807, 2.05) is 0 Å². The topological polar surface area (TPSA) is 47.0 Å². The highest BCUT2D eigenvalue weighted by Crippen LogP contribution is 2.36. The molecule has 2 heterocycles. The van der Waals surface area contributed by atoms with Gasteiger partial charge in [-0.25, -0.2) is 4.98 Å². The molecule has 17 heavy (non-hydrogen) atoms. The normalized spacial score (nSPS) is 32.4. The van der Waals surface area contributed by atoms with Crippen molar-refractivity contribution in [3.63, 3.8) is 0 Å². The maximum atomic E-state index is 5.78. The first kappa shape index (κ1) is 11.4. The van der Waals surface area contributed by atoms with Crippen LogP contribution >= 0.6 is 11.5 Å². The molecule has 1 aromatic rings. The number of fused-ring (bicyclic) bond motifs is 1. The lowest BCUT2D eigenvalue weighted by atomic mass is 9.82. The molecular weight excluding hydrogens is 234 g/mol.